The summed E-state index contributed by atoms with van der Waals surface area (Å²) in [6, 6.07) is 13.8. The lowest BCUT2D eigenvalue weighted by molar-refractivity contribution is -0.139. The Morgan fingerprint density at radius 1 is 1.00 bits per heavy atom. The van der Waals surface area contributed by atoms with Crippen LogP contribution < -0.4 is 5.32 Å². The van der Waals surface area contributed by atoms with E-state index < -0.39 is 32.6 Å². The van der Waals surface area contributed by atoms with Gasteiger partial charge in [-0.3, -0.25) is 4.79 Å². The van der Waals surface area contributed by atoms with Gasteiger partial charge in [0.15, 0.2) is 0 Å². The number of rotatable bonds is 8. The molecule has 0 bridgehead atoms. The molecule has 2 aromatic carbocycles. The maximum absolute atomic E-state index is 13.4. The van der Waals surface area contributed by atoms with Crippen molar-refractivity contribution in [3.63, 3.8) is 0 Å². The molecule has 3 rings (SSSR count). The lowest BCUT2D eigenvalue weighted by Crippen LogP contribution is -2.44. The van der Waals surface area contributed by atoms with Crippen LogP contribution in [0.25, 0.3) is 0 Å². The van der Waals surface area contributed by atoms with Crippen LogP contribution in [-0.2, 0) is 21.0 Å². The van der Waals surface area contributed by atoms with Gasteiger partial charge in [-0.05, 0) is 36.5 Å². The van der Waals surface area contributed by atoms with Gasteiger partial charge in [0, 0.05) is 19.0 Å². The molecule has 9 heteroatoms. The Bertz CT molecular complexity index is 1060. The van der Waals surface area contributed by atoms with Crippen molar-refractivity contribution < 1.29 is 26.4 Å². The van der Waals surface area contributed by atoms with E-state index in [1.165, 1.54) is 12.1 Å². The van der Waals surface area contributed by atoms with Gasteiger partial charge in [-0.1, -0.05) is 69.2 Å². The summed E-state index contributed by atoms with van der Waals surface area (Å²) in [4.78, 5) is 12.4. The van der Waals surface area contributed by atoms with Crippen LogP contribution in [0.4, 0.5) is 13.2 Å². The van der Waals surface area contributed by atoms with Crippen molar-refractivity contribution in [1.29, 1.82) is 0 Å². The first kappa shape index (κ1) is 26.2. The minimum absolute atomic E-state index is 0.00635. The second kappa shape index (κ2) is 10.9. The van der Waals surface area contributed by atoms with Crippen molar-refractivity contribution in [3.05, 3.63) is 65.7 Å². The molecule has 1 aliphatic rings. The molecule has 186 valence electrons. The lowest BCUT2D eigenvalue weighted by Gasteiger charge is -2.33. The number of sulfonamides is 1. The monoisotopic (exact) mass is 496 g/mol. The molecular formula is C25H31F3N2O3S. The summed E-state index contributed by atoms with van der Waals surface area (Å²) in [6.07, 6.45) is -2.48. The molecule has 0 saturated carbocycles. The standard InChI is InChI=1S/C25H31F3N2O3S/c1-3-18(4-2)23(19-10-6-5-7-11-19)29-24(31)20-14-16-30(17-15-20)34(32,33)22-13-9-8-12-21(22)25(26,27)28/h5-13,18,20,23H,3-4,14-17H2,1-2H3,(H,29,31). The normalized spacial score (nSPS) is 17.0. The first-order valence-electron chi connectivity index (χ1n) is 11.6. The van der Waals surface area contributed by atoms with Gasteiger partial charge >= 0.3 is 6.18 Å². The Balaban J connectivity index is 1.71. The zero-order valence-corrected chi connectivity index (χ0v) is 20.2. The summed E-state index contributed by atoms with van der Waals surface area (Å²) in [5, 5.41) is 3.16. The molecule has 1 unspecified atom stereocenters. The first-order chi connectivity index (χ1) is 16.1. The average molecular weight is 497 g/mol. The zero-order chi connectivity index (χ0) is 24.9. The van der Waals surface area contributed by atoms with Gasteiger partial charge in [-0.25, -0.2) is 8.42 Å². The van der Waals surface area contributed by atoms with Gasteiger partial charge in [0.2, 0.25) is 15.9 Å². The summed E-state index contributed by atoms with van der Waals surface area (Å²) in [7, 11) is -4.33. The van der Waals surface area contributed by atoms with Crippen molar-refractivity contribution >= 4 is 15.9 Å². The van der Waals surface area contributed by atoms with Crippen molar-refractivity contribution in [3.8, 4) is 0 Å². The molecule has 1 N–H and O–H groups in total. The van der Waals surface area contributed by atoms with Crippen molar-refractivity contribution in [2.45, 2.75) is 56.6 Å². The van der Waals surface area contributed by atoms with Crippen molar-refractivity contribution in [1.82, 2.24) is 9.62 Å². The van der Waals surface area contributed by atoms with E-state index >= 15 is 0 Å². The number of carbonyl (C=O) groups is 1. The van der Waals surface area contributed by atoms with Crippen molar-refractivity contribution in [2.24, 2.45) is 11.8 Å². The predicted octanol–water partition coefficient (Wildman–Crippen LogP) is 5.40. The van der Waals surface area contributed by atoms with Crippen LogP contribution in [0.3, 0.4) is 0 Å². The number of halogens is 3. The first-order valence-corrected chi connectivity index (χ1v) is 13.0. The van der Waals surface area contributed by atoms with Gasteiger partial charge in [-0.2, -0.15) is 17.5 Å². The molecule has 34 heavy (non-hydrogen) atoms. The molecule has 0 aliphatic carbocycles. The minimum Gasteiger partial charge on any atom is -0.349 e. The van der Waals surface area contributed by atoms with Crippen LogP contribution in [0.15, 0.2) is 59.5 Å². The Morgan fingerprint density at radius 3 is 2.12 bits per heavy atom. The summed E-state index contributed by atoms with van der Waals surface area (Å²) in [5.74, 6) is -0.288. The molecule has 0 aromatic heterocycles. The molecular weight excluding hydrogens is 465 g/mol. The van der Waals surface area contributed by atoms with E-state index in [4.69, 9.17) is 0 Å². The third-order valence-electron chi connectivity index (χ3n) is 6.61. The molecule has 0 spiro atoms. The van der Waals surface area contributed by atoms with Crippen LogP contribution >= 0.6 is 0 Å². The smallest absolute Gasteiger partial charge is 0.349 e. The predicted molar refractivity (Wildman–Crippen MR) is 124 cm³/mol. The van der Waals surface area contributed by atoms with E-state index in [1.807, 2.05) is 30.3 Å². The van der Waals surface area contributed by atoms with E-state index in [1.54, 1.807) is 0 Å². The highest BCUT2D eigenvalue weighted by Crippen LogP contribution is 2.36. The van der Waals surface area contributed by atoms with Gasteiger partial charge < -0.3 is 5.32 Å². The van der Waals surface area contributed by atoms with Crippen LogP contribution in [0, 0.1) is 11.8 Å². The zero-order valence-electron chi connectivity index (χ0n) is 19.4. The maximum Gasteiger partial charge on any atom is 0.417 e. The Hall–Kier alpha value is -2.39. The molecule has 1 saturated heterocycles. The number of piperidine rings is 1. The summed E-state index contributed by atoms with van der Waals surface area (Å²) in [6.45, 7) is 4.15. The molecule has 2 aromatic rings. The Kier molecular flexibility index (Phi) is 8.41. The Morgan fingerprint density at radius 2 is 1.56 bits per heavy atom. The van der Waals surface area contributed by atoms with Crippen molar-refractivity contribution in [2.75, 3.05) is 13.1 Å². The molecule has 1 amide bonds. The third kappa shape index (κ3) is 5.81. The number of amides is 1. The third-order valence-corrected chi connectivity index (χ3v) is 8.57. The number of alkyl halides is 3. The number of carbonyl (C=O) groups excluding carboxylic acids is 1. The highest BCUT2D eigenvalue weighted by molar-refractivity contribution is 7.89. The van der Waals surface area contributed by atoms with E-state index in [0.717, 1.165) is 34.8 Å². The highest BCUT2D eigenvalue weighted by Gasteiger charge is 2.40. The summed E-state index contributed by atoms with van der Waals surface area (Å²) >= 11 is 0. The number of hydrogen-bond acceptors (Lipinski definition) is 3. The molecule has 1 atom stereocenters. The van der Waals surface area contributed by atoms with Crippen LogP contribution in [-0.4, -0.2) is 31.7 Å². The minimum atomic E-state index is -4.77. The van der Waals surface area contributed by atoms with E-state index in [0.29, 0.717) is 0 Å². The number of hydrogen-bond donors (Lipinski definition) is 1. The topological polar surface area (TPSA) is 66.5 Å². The fourth-order valence-corrected chi connectivity index (χ4v) is 6.27. The van der Waals surface area contributed by atoms with Crippen LogP contribution in [0.1, 0.15) is 56.7 Å². The molecule has 5 nitrogen and oxygen atoms in total. The number of nitrogens with zero attached hydrogens (tertiary/aromatic N) is 1. The second-order valence-electron chi connectivity index (χ2n) is 8.65. The SMILES string of the molecule is CCC(CC)C(NC(=O)C1CCN(S(=O)(=O)c2ccccc2C(F)(F)F)CC1)c1ccccc1. The van der Waals surface area contributed by atoms with E-state index in [9.17, 15) is 26.4 Å². The summed E-state index contributed by atoms with van der Waals surface area (Å²) in [5.41, 5.74) is -0.154. The van der Waals surface area contributed by atoms with Gasteiger partial charge in [0.25, 0.3) is 0 Å². The Labute approximate surface area is 199 Å². The van der Waals surface area contributed by atoms with Crippen LogP contribution in [0.5, 0.6) is 0 Å². The van der Waals surface area contributed by atoms with Gasteiger partial charge in [0.05, 0.1) is 16.5 Å². The van der Waals surface area contributed by atoms with E-state index in [-0.39, 0.29) is 43.8 Å². The second-order valence-corrected chi connectivity index (χ2v) is 10.6. The molecule has 1 fully saturated rings. The van der Waals surface area contributed by atoms with Gasteiger partial charge in [0.1, 0.15) is 0 Å². The highest BCUT2D eigenvalue weighted by atomic mass is 32.2. The maximum atomic E-state index is 13.4. The quantitative estimate of drug-likeness (QED) is 0.532. The lowest BCUT2D eigenvalue weighted by atomic mass is 9.87. The van der Waals surface area contributed by atoms with Crippen LogP contribution in [0.2, 0.25) is 0 Å². The number of nitrogens with one attached hydrogen (secondary N) is 1. The average Bonchev–Trinajstić information content (AvgIpc) is 2.84. The summed E-state index contributed by atoms with van der Waals surface area (Å²) < 4.78 is 67.1. The van der Waals surface area contributed by atoms with Gasteiger partial charge in [-0.15, -0.1) is 0 Å². The largest absolute Gasteiger partial charge is 0.417 e. The fourth-order valence-electron chi connectivity index (χ4n) is 4.59. The van der Waals surface area contributed by atoms with E-state index in [2.05, 4.69) is 19.2 Å². The molecule has 1 heterocycles. The molecule has 1 aliphatic heterocycles. The fraction of sp³-hybridized carbons (Fsp3) is 0.480. The number of benzene rings is 2. The molecule has 0 radical (unpaired) electrons.